The Bertz CT molecular complexity index is 1620. The van der Waals surface area contributed by atoms with Crippen molar-refractivity contribution in [1.82, 2.24) is 14.8 Å². The summed E-state index contributed by atoms with van der Waals surface area (Å²) in [5, 5.41) is 12.5. The van der Waals surface area contributed by atoms with Gasteiger partial charge in [-0.25, -0.2) is 4.68 Å². The summed E-state index contributed by atoms with van der Waals surface area (Å²) < 4.78 is 19.4. The first kappa shape index (κ1) is 30.3. The smallest absolute Gasteiger partial charge is 0.255 e. The maximum atomic E-state index is 14.0. The SMILES string of the molecule is CCCSc1nc2n(n1)C(c1ccc(OCc3ccc(Cl)cc3)c(OC)c1)C(C(=O)Nc1ccccc1OCC)=C(C)N2. The van der Waals surface area contributed by atoms with E-state index in [-0.39, 0.29) is 5.91 Å². The monoisotopic (exact) mass is 619 g/mol. The molecule has 224 valence electrons. The van der Waals surface area contributed by atoms with E-state index in [1.54, 1.807) is 23.6 Å². The van der Waals surface area contributed by atoms with Crippen molar-refractivity contribution in [2.45, 2.75) is 45.0 Å². The lowest BCUT2D eigenvalue weighted by Crippen LogP contribution is -2.31. The van der Waals surface area contributed by atoms with Crippen LogP contribution in [0.4, 0.5) is 11.6 Å². The van der Waals surface area contributed by atoms with E-state index in [0.717, 1.165) is 23.3 Å². The van der Waals surface area contributed by atoms with Crippen molar-refractivity contribution in [3.05, 3.63) is 94.1 Å². The summed E-state index contributed by atoms with van der Waals surface area (Å²) in [6.45, 7) is 6.71. The van der Waals surface area contributed by atoms with Crippen molar-refractivity contribution in [3.8, 4) is 17.2 Å². The average molecular weight is 620 g/mol. The van der Waals surface area contributed by atoms with Gasteiger partial charge < -0.3 is 24.8 Å². The Labute approximate surface area is 260 Å². The largest absolute Gasteiger partial charge is 0.493 e. The number of ether oxygens (including phenoxy) is 3. The maximum Gasteiger partial charge on any atom is 0.255 e. The van der Waals surface area contributed by atoms with Crippen LogP contribution in [0.15, 0.2) is 83.2 Å². The molecule has 4 aromatic rings. The Kier molecular flexibility index (Phi) is 9.79. The van der Waals surface area contributed by atoms with E-state index >= 15 is 0 Å². The van der Waals surface area contributed by atoms with E-state index < -0.39 is 6.04 Å². The number of carbonyl (C=O) groups excluding carboxylic acids is 1. The summed E-state index contributed by atoms with van der Waals surface area (Å²) in [7, 11) is 1.59. The van der Waals surface area contributed by atoms with E-state index in [1.165, 1.54) is 0 Å². The predicted molar refractivity (Wildman–Crippen MR) is 171 cm³/mol. The Hall–Kier alpha value is -4.15. The summed E-state index contributed by atoms with van der Waals surface area (Å²) >= 11 is 7.60. The van der Waals surface area contributed by atoms with Crippen LogP contribution in [0, 0.1) is 0 Å². The number of fused-ring (bicyclic) bond motifs is 1. The molecule has 0 spiro atoms. The number of nitrogens with one attached hydrogen (secondary N) is 2. The summed E-state index contributed by atoms with van der Waals surface area (Å²) in [4.78, 5) is 18.7. The molecule has 0 bridgehead atoms. The molecule has 9 nitrogen and oxygen atoms in total. The van der Waals surface area contributed by atoms with Gasteiger partial charge >= 0.3 is 0 Å². The molecule has 2 heterocycles. The molecule has 1 aliphatic rings. The lowest BCUT2D eigenvalue weighted by Gasteiger charge is -2.29. The van der Waals surface area contributed by atoms with Gasteiger partial charge in [-0.3, -0.25) is 4.79 Å². The molecule has 0 aliphatic carbocycles. The zero-order valence-electron chi connectivity index (χ0n) is 24.5. The van der Waals surface area contributed by atoms with Crippen molar-refractivity contribution in [1.29, 1.82) is 0 Å². The molecule has 11 heteroatoms. The third-order valence-corrected chi connectivity index (χ3v) is 8.05. The summed E-state index contributed by atoms with van der Waals surface area (Å²) in [6.07, 6.45) is 0.990. The van der Waals surface area contributed by atoms with E-state index in [1.807, 2.05) is 80.6 Å². The standard InChI is InChI=1S/C32H34ClN5O4S/c1-5-17-43-32-36-31-34-20(3)28(30(39)35-24-9-7-8-10-25(24)41-6-2)29(38(31)37-32)22-13-16-26(27(18-22)40-4)42-19-21-11-14-23(33)15-12-21/h7-16,18,29H,5-6,17,19H2,1-4H3,(H,35,39)(H,34,36,37). The minimum absolute atomic E-state index is 0.284. The van der Waals surface area contributed by atoms with Crippen LogP contribution >= 0.6 is 23.4 Å². The third kappa shape index (κ3) is 6.92. The molecule has 1 amide bonds. The fourth-order valence-electron chi connectivity index (χ4n) is 4.74. The zero-order chi connectivity index (χ0) is 30.3. The normalized spacial score (nSPS) is 14.1. The van der Waals surface area contributed by atoms with Crippen LogP contribution in [0.1, 0.15) is 44.4 Å². The number of aromatic nitrogens is 3. The van der Waals surface area contributed by atoms with E-state index in [4.69, 9.17) is 35.9 Å². The van der Waals surface area contributed by atoms with Gasteiger partial charge in [-0.15, -0.1) is 5.10 Å². The predicted octanol–water partition coefficient (Wildman–Crippen LogP) is 7.35. The summed E-state index contributed by atoms with van der Waals surface area (Å²) in [5.74, 6) is 2.87. The molecule has 1 aromatic heterocycles. The van der Waals surface area contributed by atoms with Gasteiger partial charge in [0.2, 0.25) is 11.1 Å². The van der Waals surface area contributed by atoms with Gasteiger partial charge in [0.1, 0.15) is 18.4 Å². The zero-order valence-corrected chi connectivity index (χ0v) is 26.1. The number of benzene rings is 3. The van der Waals surface area contributed by atoms with Crippen molar-refractivity contribution in [2.75, 3.05) is 30.1 Å². The van der Waals surface area contributed by atoms with Gasteiger partial charge in [0.25, 0.3) is 5.91 Å². The fraction of sp³-hybridized carbons (Fsp3) is 0.281. The summed E-state index contributed by atoms with van der Waals surface area (Å²) in [5.41, 5.74) is 3.51. The van der Waals surface area contributed by atoms with Gasteiger partial charge in [-0.2, -0.15) is 4.98 Å². The topological polar surface area (TPSA) is 99.5 Å². The average Bonchev–Trinajstić information content (AvgIpc) is 3.42. The van der Waals surface area contributed by atoms with Gasteiger partial charge in [0.05, 0.1) is 25.0 Å². The number of carbonyl (C=O) groups is 1. The number of hydrogen-bond acceptors (Lipinski definition) is 8. The van der Waals surface area contributed by atoms with Crippen molar-refractivity contribution in [3.63, 3.8) is 0 Å². The number of para-hydroxylation sites is 2. The van der Waals surface area contributed by atoms with E-state index in [9.17, 15) is 4.79 Å². The number of halogens is 1. The number of rotatable bonds is 12. The number of thioether (sulfide) groups is 1. The molecule has 2 N–H and O–H groups in total. The van der Waals surface area contributed by atoms with Crippen molar-refractivity contribution in [2.24, 2.45) is 0 Å². The van der Waals surface area contributed by atoms with Crippen LogP contribution in [-0.4, -0.2) is 40.1 Å². The molecule has 0 fully saturated rings. The lowest BCUT2D eigenvalue weighted by atomic mass is 9.94. The molecular weight excluding hydrogens is 586 g/mol. The first-order chi connectivity index (χ1) is 20.9. The Morgan fingerprint density at radius 2 is 1.84 bits per heavy atom. The Morgan fingerprint density at radius 3 is 2.58 bits per heavy atom. The van der Waals surface area contributed by atoms with Gasteiger partial charge in [0, 0.05) is 16.5 Å². The highest BCUT2D eigenvalue weighted by Gasteiger charge is 2.35. The molecule has 0 radical (unpaired) electrons. The maximum absolute atomic E-state index is 14.0. The number of amides is 1. The number of hydrogen-bond donors (Lipinski definition) is 2. The minimum Gasteiger partial charge on any atom is -0.493 e. The first-order valence-electron chi connectivity index (χ1n) is 14.1. The van der Waals surface area contributed by atoms with E-state index in [0.29, 0.717) is 63.5 Å². The third-order valence-electron chi connectivity index (χ3n) is 6.76. The highest BCUT2D eigenvalue weighted by molar-refractivity contribution is 7.99. The number of anilines is 2. The first-order valence-corrected chi connectivity index (χ1v) is 15.4. The van der Waals surface area contributed by atoms with Crippen LogP contribution in [0.3, 0.4) is 0 Å². The van der Waals surface area contributed by atoms with Crippen molar-refractivity contribution < 1.29 is 19.0 Å². The highest BCUT2D eigenvalue weighted by atomic mass is 35.5. The fourth-order valence-corrected chi connectivity index (χ4v) is 5.55. The van der Waals surface area contributed by atoms with Crippen LogP contribution in [0.25, 0.3) is 0 Å². The quantitative estimate of drug-likeness (QED) is 0.159. The highest BCUT2D eigenvalue weighted by Crippen LogP contribution is 2.40. The van der Waals surface area contributed by atoms with Crippen LogP contribution in [0.2, 0.25) is 5.02 Å². The van der Waals surface area contributed by atoms with Gasteiger partial charge in [-0.05, 0) is 67.8 Å². The molecule has 43 heavy (non-hydrogen) atoms. The molecule has 1 aliphatic heterocycles. The second-order valence-electron chi connectivity index (χ2n) is 9.79. The molecule has 0 saturated carbocycles. The van der Waals surface area contributed by atoms with Gasteiger partial charge in [-0.1, -0.05) is 60.6 Å². The van der Waals surface area contributed by atoms with Crippen LogP contribution in [0.5, 0.6) is 17.2 Å². The molecule has 1 atom stereocenters. The number of allylic oxidation sites excluding steroid dienone is 1. The van der Waals surface area contributed by atoms with Crippen LogP contribution in [-0.2, 0) is 11.4 Å². The Morgan fingerprint density at radius 1 is 1.05 bits per heavy atom. The number of methoxy groups -OCH3 is 1. The number of nitrogens with zero attached hydrogens (tertiary/aromatic N) is 3. The second-order valence-corrected chi connectivity index (χ2v) is 11.3. The minimum atomic E-state index is -0.585. The second kappa shape index (κ2) is 13.9. The Balaban J connectivity index is 1.51. The molecule has 3 aromatic carbocycles. The van der Waals surface area contributed by atoms with E-state index in [2.05, 4.69) is 17.6 Å². The molecular formula is C32H34ClN5O4S. The molecule has 5 rings (SSSR count). The molecule has 0 saturated heterocycles. The molecule has 1 unspecified atom stereocenters. The lowest BCUT2D eigenvalue weighted by molar-refractivity contribution is -0.113. The van der Waals surface area contributed by atoms with Gasteiger partial charge in [0.15, 0.2) is 11.5 Å². The van der Waals surface area contributed by atoms with Crippen molar-refractivity contribution >= 4 is 40.9 Å². The summed E-state index contributed by atoms with van der Waals surface area (Å²) in [6, 6.07) is 19.9. The van der Waals surface area contributed by atoms with Crippen LogP contribution < -0.4 is 24.8 Å².